The molecule has 2 atom stereocenters. The van der Waals surface area contributed by atoms with E-state index in [1.54, 1.807) is 0 Å². The van der Waals surface area contributed by atoms with Crippen LogP contribution in [0.2, 0.25) is 0 Å². The Bertz CT molecular complexity index is 1390. The second kappa shape index (κ2) is 8.03. The van der Waals surface area contributed by atoms with Crippen molar-refractivity contribution in [3.63, 3.8) is 0 Å². The molecule has 0 fully saturated rings. The Morgan fingerprint density at radius 2 is 1.79 bits per heavy atom. The first kappa shape index (κ1) is 22.0. The van der Waals surface area contributed by atoms with Gasteiger partial charge in [0, 0.05) is 41.1 Å². The predicted molar refractivity (Wildman–Crippen MR) is 118 cm³/mol. The lowest BCUT2D eigenvalue weighted by atomic mass is 9.93. The van der Waals surface area contributed by atoms with Crippen LogP contribution in [0, 0.1) is 6.92 Å². The minimum Gasteiger partial charge on any atom is -0.508 e. The molecule has 0 saturated carbocycles. The lowest BCUT2D eigenvalue weighted by Crippen LogP contribution is -2.30. The van der Waals surface area contributed by atoms with E-state index < -0.39 is 29.4 Å². The lowest BCUT2D eigenvalue weighted by molar-refractivity contribution is -0.131. The molecule has 33 heavy (non-hydrogen) atoms. The molecule has 0 unspecified atom stereocenters. The van der Waals surface area contributed by atoms with Crippen LogP contribution in [0.4, 0.5) is 0 Å². The van der Waals surface area contributed by atoms with E-state index in [1.165, 1.54) is 31.2 Å². The highest BCUT2D eigenvalue weighted by Gasteiger charge is 2.32. The number of aliphatic carboxylic acids is 1. The molecule has 3 aromatic rings. The molecule has 1 aliphatic heterocycles. The van der Waals surface area contributed by atoms with Gasteiger partial charge in [-0.2, -0.15) is 0 Å². The fraction of sp³-hybridized carbons (Fsp3) is 0.167. The molecular formula is C24H20O9. The third-order valence-electron chi connectivity index (χ3n) is 5.63. The van der Waals surface area contributed by atoms with E-state index in [4.69, 9.17) is 9.84 Å². The summed E-state index contributed by atoms with van der Waals surface area (Å²) in [5.41, 5.74) is 0.0736. The van der Waals surface area contributed by atoms with Crippen molar-refractivity contribution in [1.82, 2.24) is 0 Å². The predicted octanol–water partition coefficient (Wildman–Crippen LogP) is 2.47. The highest BCUT2D eigenvalue weighted by atomic mass is 16.5. The molecule has 9 nitrogen and oxygen atoms in total. The van der Waals surface area contributed by atoms with Crippen LogP contribution in [0.5, 0.6) is 28.7 Å². The number of aromatic hydroxyl groups is 4. The van der Waals surface area contributed by atoms with Crippen LogP contribution in [0.1, 0.15) is 28.4 Å². The molecule has 0 aromatic heterocycles. The molecule has 1 aliphatic rings. The average Bonchev–Trinajstić information content (AvgIpc) is 2.86. The van der Waals surface area contributed by atoms with Crippen molar-refractivity contribution in [2.45, 2.75) is 25.6 Å². The number of phenolic OH excluding ortho intramolecular Hbond substituents is 3. The van der Waals surface area contributed by atoms with Crippen LogP contribution in [-0.2, 0) is 11.2 Å². The summed E-state index contributed by atoms with van der Waals surface area (Å²) in [5.74, 6) is -2.52. The minimum absolute atomic E-state index is 0.0253. The number of aliphatic hydroxyl groups excluding tert-OH is 1. The summed E-state index contributed by atoms with van der Waals surface area (Å²) < 4.78 is 5.82. The van der Waals surface area contributed by atoms with Crippen LogP contribution >= 0.6 is 0 Å². The number of aryl methyl sites for hydroxylation is 1. The van der Waals surface area contributed by atoms with Crippen molar-refractivity contribution in [2.75, 3.05) is 0 Å². The number of aliphatic hydroxyl groups is 1. The van der Waals surface area contributed by atoms with Gasteiger partial charge >= 0.3 is 5.97 Å². The smallest absolute Gasteiger partial charge is 0.328 e. The number of carboxylic acids is 1. The molecule has 170 valence electrons. The highest BCUT2D eigenvalue weighted by molar-refractivity contribution is 6.00. The topological polar surface area (TPSA) is 165 Å². The van der Waals surface area contributed by atoms with Crippen molar-refractivity contribution < 1.29 is 40.2 Å². The normalized spacial score (nSPS) is 17.6. The average molecular weight is 452 g/mol. The summed E-state index contributed by atoms with van der Waals surface area (Å²) in [6.07, 6.45) is -0.274. The third-order valence-corrected chi connectivity index (χ3v) is 5.63. The Morgan fingerprint density at radius 3 is 2.48 bits per heavy atom. The van der Waals surface area contributed by atoms with Crippen molar-refractivity contribution in [2.24, 2.45) is 0 Å². The van der Waals surface area contributed by atoms with E-state index in [1.807, 2.05) is 0 Å². The molecule has 0 saturated heterocycles. The fourth-order valence-corrected chi connectivity index (χ4v) is 4.03. The molecule has 3 aromatic carbocycles. The zero-order chi connectivity index (χ0) is 24.0. The van der Waals surface area contributed by atoms with E-state index in [0.29, 0.717) is 0 Å². The summed E-state index contributed by atoms with van der Waals surface area (Å²) >= 11 is 0. The van der Waals surface area contributed by atoms with Gasteiger partial charge in [0.15, 0.2) is 5.75 Å². The maximum absolute atomic E-state index is 12.7. The summed E-state index contributed by atoms with van der Waals surface area (Å²) in [4.78, 5) is 23.8. The van der Waals surface area contributed by atoms with E-state index in [9.17, 15) is 35.1 Å². The first-order valence-corrected chi connectivity index (χ1v) is 9.91. The number of carbonyl (C=O) groups is 1. The number of benzene rings is 2. The number of hydrogen-bond donors (Lipinski definition) is 6. The summed E-state index contributed by atoms with van der Waals surface area (Å²) in [5, 5.41) is 60.7. The summed E-state index contributed by atoms with van der Waals surface area (Å²) in [6.45, 7) is 1.49. The van der Waals surface area contributed by atoms with Crippen molar-refractivity contribution in [1.29, 1.82) is 0 Å². The maximum Gasteiger partial charge on any atom is 0.328 e. The van der Waals surface area contributed by atoms with Crippen LogP contribution in [0.3, 0.4) is 0 Å². The lowest BCUT2D eigenvalue weighted by Gasteiger charge is -2.31. The number of ether oxygens (including phenoxy) is 1. The molecule has 0 bridgehead atoms. The maximum atomic E-state index is 12.7. The van der Waals surface area contributed by atoms with Gasteiger partial charge in [-0.1, -0.05) is 0 Å². The van der Waals surface area contributed by atoms with Gasteiger partial charge in [-0.15, -0.1) is 0 Å². The standard InChI is InChI=1S/C24H20O9/c1-10-16(26)5-11(2-3-21(30)31)14-4-12(6-18(28)23(32)22(10)14)24-19(29)9-15-17(27)7-13(25)8-20(15)33-24/h2-8,19,24-27,29H,9H2,1H3,(H,28,32)(H,30,31)/b3-2+/t19-,24-/m1/s1. The molecule has 0 radical (unpaired) electrons. The SMILES string of the molecule is Cc1c(O)cc(/C=C/C(=O)O)c2cc([C@H]3Oc4cc(O)cc(O)c4C[C@H]3O)cc(=O)c(O)c12. The minimum atomic E-state index is -1.24. The fourth-order valence-electron chi connectivity index (χ4n) is 4.03. The van der Waals surface area contributed by atoms with Crippen LogP contribution in [-0.4, -0.2) is 42.7 Å². The van der Waals surface area contributed by atoms with Crippen molar-refractivity contribution in [3.8, 4) is 28.7 Å². The van der Waals surface area contributed by atoms with Gasteiger partial charge < -0.3 is 35.4 Å². The monoisotopic (exact) mass is 452 g/mol. The van der Waals surface area contributed by atoms with Gasteiger partial charge in [-0.05, 0) is 47.7 Å². The zero-order valence-electron chi connectivity index (χ0n) is 17.3. The van der Waals surface area contributed by atoms with E-state index in [2.05, 4.69) is 0 Å². The number of rotatable bonds is 3. The molecule has 6 N–H and O–H groups in total. The van der Waals surface area contributed by atoms with E-state index in [0.717, 1.165) is 18.2 Å². The Balaban J connectivity index is 1.98. The second-order valence-electron chi connectivity index (χ2n) is 7.82. The molecule has 4 rings (SSSR count). The highest BCUT2D eigenvalue weighted by Crippen LogP contribution is 2.42. The van der Waals surface area contributed by atoms with Gasteiger partial charge in [0.25, 0.3) is 0 Å². The van der Waals surface area contributed by atoms with Crippen molar-refractivity contribution >= 4 is 22.8 Å². The Morgan fingerprint density at radius 1 is 1.06 bits per heavy atom. The number of phenols is 3. The number of carboxylic acid groups (broad SMARTS) is 1. The Labute approximate surface area is 186 Å². The summed E-state index contributed by atoms with van der Waals surface area (Å²) in [6, 6.07) is 6.24. The van der Waals surface area contributed by atoms with Gasteiger partial charge in [-0.3, -0.25) is 4.79 Å². The summed E-state index contributed by atoms with van der Waals surface area (Å²) in [7, 11) is 0. The number of fused-ring (bicyclic) bond motifs is 2. The third kappa shape index (κ3) is 3.90. The Hall–Kier alpha value is -4.24. The second-order valence-corrected chi connectivity index (χ2v) is 7.82. The van der Waals surface area contributed by atoms with E-state index in [-0.39, 0.29) is 62.4 Å². The van der Waals surface area contributed by atoms with Crippen LogP contribution < -0.4 is 10.2 Å². The van der Waals surface area contributed by atoms with Gasteiger partial charge in [0.2, 0.25) is 5.43 Å². The molecule has 0 aliphatic carbocycles. The van der Waals surface area contributed by atoms with Gasteiger partial charge in [-0.25, -0.2) is 4.79 Å². The van der Waals surface area contributed by atoms with E-state index >= 15 is 0 Å². The first-order valence-electron chi connectivity index (χ1n) is 9.91. The van der Waals surface area contributed by atoms with Gasteiger partial charge in [0.05, 0.1) is 6.10 Å². The van der Waals surface area contributed by atoms with Crippen LogP contribution in [0.25, 0.3) is 16.8 Å². The number of hydrogen-bond acceptors (Lipinski definition) is 8. The molecule has 1 heterocycles. The zero-order valence-corrected chi connectivity index (χ0v) is 17.3. The van der Waals surface area contributed by atoms with Crippen LogP contribution in [0.15, 0.2) is 41.2 Å². The van der Waals surface area contributed by atoms with Crippen molar-refractivity contribution in [3.05, 3.63) is 68.9 Å². The molecular weight excluding hydrogens is 432 g/mol. The first-order chi connectivity index (χ1) is 15.6. The quantitative estimate of drug-likeness (QED) is 0.327. The Kier molecular flexibility index (Phi) is 5.35. The van der Waals surface area contributed by atoms with Gasteiger partial charge in [0.1, 0.15) is 29.1 Å². The molecule has 9 heteroatoms. The molecule has 0 spiro atoms. The molecule has 0 amide bonds. The largest absolute Gasteiger partial charge is 0.508 e.